The molecule has 7 nitrogen and oxygen atoms in total. The minimum Gasteiger partial charge on any atom is -0.401 e. The van der Waals surface area contributed by atoms with Crippen LogP contribution in [-0.4, -0.2) is 54.5 Å². The number of fused-ring (bicyclic) bond motifs is 2. The van der Waals surface area contributed by atoms with Gasteiger partial charge in [0.1, 0.15) is 0 Å². The minimum absolute atomic E-state index is 0.0786. The fraction of sp³-hybridized carbons (Fsp3) is 0.708. The van der Waals surface area contributed by atoms with Crippen LogP contribution in [0.2, 0.25) is 0 Å². The highest BCUT2D eigenvalue weighted by Gasteiger charge is 2.45. The van der Waals surface area contributed by atoms with Crippen LogP contribution in [-0.2, 0) is 28.0 Å². The molecule has 3 aliphatic heterocycles. The number of ether oxygens (including phenoxy) is 1. The molecule has 32 heavy (non-hydrogen) atoms. The van der Waals surface area contributed by atoms with E-state index in [1.165, 1.54) is 10.4 Å². The SMILES string of the molecule is CCc1cc2c(s1)CCOC21CCN(CC2CN(C(=O)CCC/C(N)=C/NN)C2)[C@@H](C)C1. The second-order valence-electron chi connectivity index (χ2n) is 9.70. The molecule has 2 fully saturated rings. The molecule has 1 aromatic heterocycles. The normalized spacial score (nSPS) is 26.8. The number of nitrogens with zero attached hydrogens (tertiary/aromatic N) is 2. The Kier molecular flexibility index (Phi) is 7.44. The molecule has 1 spiro atoms. The summed E-state index contributed by atoms with van der Waals surface area (Å²) in [6.45, 7) is 9.36. The van der Waals surface area contributed by atoms with Gasteiger partial charge in [-0.25, -0.2) is 0 Å². The Bertz CT molecular complexity index is 834. The predicted octanol–water partition coefficient (Wildman–Crippen LogP) is 2.45. The molecule has 178 valence electrons. The van der Waals surface area contributed by atoms with Gasteiger partial charge in [-0.15, -0.1) is 11.3 Å². The van der Waals surface area contributed by atoms with Gasteiger partial charge in [0.05, 0.1) is 12.2 Å². The van der Waals surface area contributed by atoms with E-state index in [0.29, 0.717) is 30.5 Å². The number of likely N-dealkylation sites (tertiary alicyclic amines) is 2. The lowest BCUT2D eigenvalue weighted by molar-refractivity contribution is -0.139. The molecule has 4 heterocycles. The Hall–Kier alpha value is -1.61. The number of thiophene rings is 1. The summed E-state index contributed by atoms with van der Waals surface area (Å²) in [6, 6.07) is 2.92. The highest BCUT2D eigenvalue weighted by molar-refractivity contribution is 7.12. The first-order valence-electron chi connectivity index (χ1n) is 12.1. The number of allylic oxidation sites excluding steroid dienone is 1. The molecule has 8 heteroatoms. The van der Waals surface area contributed by atoms with Crippen LogP contribution >= 0.6 is 11.3 Å². The van der Waals surface area contributed by atoms with E-state index >= 15 is 0 Å². The average molecular weight is 462 g/mol. The van der Waals surface area contributed by atoms with Gasteiger partial charge < -0.3 is 25.7 Å². The van der Waals surface area contributed by atoms with Gasteiger partial charge in [-0.2, -0.15) is 0 Å². The van der Waals surface area contributed by atoms with Gasteiger partial charge >= 0.3 is 0 Å². The topological polar surface area (TPSA) is 96.8 Å². The first-order valence-corrected chi connectivity index (χ1v) is 12.9. The molecular formula is C24H39N5O2S. The zero-order chi connectivity index (χ0) is 22.7. The molecule has 5 N–H and O–H groups in total. The van der Waals surface area contributed by atoms with Crippen molar-refractivity contribution < 1.29 is 9.53 Å². The quantitative estimate of drug-likeness (QED) is 0.406. The largest absolute Gasteiger partial charge is 0.401 e. The summed E-state index contributed by atoms with van der Waals surface area (Å²) in [4.78, 5) is 20.1. The monoisotopic (exact) mass is 461 g/mol. The molecule has 0 radical (unpaired) electrons. The van der Waals surface area contributed by atoms with E-state index in [9.17, 15) is 4.79 Å². The van der Waals surface area contributed by atoms with Crippen molar-refractivity contribution in [3.8, 4) is 0 Å². The number of hydrogen-bond acceptors (Lipinski definition) is 7. The fourth-order valence-corrected chi connectivity index (χ4v) is 6.73. The minimum atomic E-state index is -0.0786. The number of hydrazine groups is 1. The number of aryl methyl sites for hydroxylation is 1. The summed E-state index contributed by atoms with van der Waals surface area (Å²) in [5.41, 5.74) is 10.3. The van der Waals surface area contributed by atoms with Gasteiger partial charge in [-0.3, -0.25) is 10.6 Å². The van der Waals surface area contributed by atoms with Crippen molar-refractivity contribution in [2.24, 2.45) is 17.5 Å². The fourth-order valence-electron chi connectivity index (χ4n) is 5.55. The summed E-state index contributed by atoms with van der Waals surface area (Å²) in [5.74, 6) is 6.04. The highest BCUT2D eigenvalue weighted by Crippen LogP contribution is 2.46. The number of nitrogens with one attached hydrogen (secondary N) is 1. The van der Waals surface area contributed by atoms with Crippen molar-refractivity contribution in [3.05, 3.63) is 33.3 Å². The van der Waals surface area contributed by atoms with Crippen molar-refractivity contribution in [1.82, 2.24) is 15.2 Å². The molecule has 0 aromatic carbocycles. The maximum absolute atomic E-state index is 12.4. The number of amides is 1. The van der Waals surface area contributed by atoms with Gasteiger partial charge in [0.25, 0.3) is 0 Å². The van der Waals surface area contributed by atoms with E-state index < -0.39 is 0 Å². The molecule has 1 unspecified atom stereocenters. The Morgan fingerprint density at radius 2 is 2.22 bits per heavy atom. The lowest BCUT2D eigenvalue weighted by Crippen LogP contribution is -2.57. The summed E-state index contributed by atoms with van der Waals surface area (Å²) in [5, 5.41) is 0. The Balaban J connectivity index is 1.23. The average Bonchev–Trinajstić information content (AvgIpc) is 3.17. The van der Waals surface area contributed by atoms with E-state index in [2.05, 4.69) is 30.2 Å². The standard InChI is InChI=1S/C24H39N5O2S/c1-3-20-11-21-22(32-20)7-10-31-24(21)8-9-28(17(2)12-24)14-18-15-29(16-18)23(30)6-4-5-19(25)13-27-26/h11,13,17-18,27H,3-10,12,14-16,25-26H2,1-2H3/b19-13-/t17-,24?/m0/s1. The summed E-state index contributed by atoms with van der Waals surface area (Å²) >= 11 is 1.99. The first-order chi connectivity index (χ1) is 15.4. The number of nitrogens with two attached hydrogens (primary N) is 2. The first kappa shape index (κ1) is 23.5. The summed E-state index contributed by atoms with van der Waals surface area (Å²) < 4.78 is 6.48. The van der Waals surface area contributed by atoms with E-state index in [4.69, 9.17) is 16.3 Å². The molecule has 4 rings (SSSR count). The third kappa shape index (κ3) is 4.98. The molecule has 1 aromatic rings. The van der Waals surface area contributed by atoms with Gasteiger partial charge in [-0.1, -0.05) is 6.92 Å². The molecule has 3 aliphatic rings. The molecule has 0 saturated carbocycles. The smallest absolute Gasteiger partial charge is 0.222 e. The lowest BCUT2D eigenvalue weighted by Gasteiger charge is -2.49. The van der Waals surface area contributed by atoms with E-state index in [0.717, 1.165) is 64.9 Å². The third-order valence-electron chi connectivity index (χ3n) is 7.39. The van der Waals surface area contributed by atoms with Crippen LogP contribution in [0.1, 0.15) is 61.3 Å². The van der Waals surface area contributed by atoms with E-state index in [1.807, 2.05) is 16.2 Å². The number of rotatable bonds is 8. The maximum atomic E-state index is 12.4. The third-order valence-corrected chi connectivity index (χ3v) is 8.72. The van der Waals surface area contributed by atoms with Crippen LogP contribution in [0.15, 0.2) is 18.0 Å². The second kappa shape index (κ2) is 10.1. The van der Waals surface area contributed by atoms with Crippen molar-refractivity contribution in [2.75, 3.05) is 32.8 Å². The summed E-state index contributed by atoms with van der Waals surface area (Å²) in [6.07, 6.45) is 7.91. The molecular weight excluding hydrogens is 422 g/mol. The number of carbonyl (C=O) groups excluding carboxylic acids is 1. The van der Waals surface area contributed by atoms with Crippen molar-refractivity contribution in [1.29, 1.82) is 0 Å². The van der Waals surface area contributed by atoms with E-state index in [-0.39, 0.29) is 11.5 Å². The van der Waals surface area contributed by atoms with Crippen LogP contribution in [0.25, 0.3) is 0 Å². The van der Waals surface area contributed by atoms with Gasteiger partial charge in [0.15, 0.2) is 0 Å². The molecule has 0 aliphatic carbocycles. The number of carbonyl (C=O) groups is 1. The van der Waals surface area contributed by atoms with Crippen molar-refractivity contribution >= 4 is 17.2 Å². The summed E-state index contributed by atoms with van der Waals surface area (Å²) in [7, 11) is 0. The lowest BCUT2D eigenvalue weighted by atomic mass is 9.79. The van der Waals surface area contributed by atoms with Crippen LogP contribution in [0.5, 0.6) is 0 Å². The van der Waals surface area contributed by atoms with E-state index in [1.54, 1.807) is 11.1 Å². The van der Waals surface area contributed by atoms with Gasteiger partial charge in [0.2, 0.25) is 5.91 Å². The molecule has 1 amide bonds. The van der Waals surface area contributed by atoms with Crippen LogP contribution in [0.4, 0.5) is 0 Å². The highest BCUT2D eigenvalue weighted by atomic mass is 32.1. The Labute approximate surface area is 196 Å². The molecule has 0 bridgehead atoms. The van der Waals surface area contributed by atoms with Crippen LogP contribution in [0.3, 0.4) is 0 Å². The molecule has 2 saturated heterocycles. The van der Waals surface area contributed by atoms with Crippen LogP contribution in [0, 0.1) is 5.92 Å². The van der Waals surface area contributed by atoms with Gasteiger partial charge in [0, 0.05) is 72.6 Å². The zero-order valence-electron chi connectivity index (χ0n) is 19.6. The predicted molar refractivity (Wildman–Crippen MR) is 129 cm³/mol. The Morgan fingerprint density at radius 1 is 1.41 bits per heavy atom. The second-order valence-corrected chi connectivity index (χ2v) is 10.9. The number of piperidine rings is 1. The van der Waals surface area contributed by atoms with Crippen molar-refractivity contribution in [2.45, 2.75) is 70.4 Å². The Morgan fingerprint density at radius 3 is 2.94 bits per heavy atom. The molecule has 2 atom stereocenters. The van der Waals surface area contributed by atoms with Crippen LogP contribution < -0.4 is 17.0 Å². The van der Waals surface area contributed by atoms with Gasteiger partial charge in [-0.05, 0) is 50.7 Å². The van der Waals surface area contributed by atoms with Crippen molar-refractivity contribution in [3.63, 3.8) is 0 Å². The number of hydrogen-bond donors (Lipinski definition) is 3. The zero-order valence-corrected chi connectivity index (χ0v) is 20.4. The maximum Gasteiger partial charge on any atom is 0.222 e.